The summed E-state index contributed by atoms with van der Waals surface area (Å²) in [5, 5.41) is 20.6. The zero-order chi connectivity index (χ0) is 21.4. The number of aromatic nitrogens is 4. The lowest BCUT2D eigenvalue weighted by Crippen LogP contribution is -2.22. The number of nitrogen functional groups attached to an aromatic ring is 1. The number of nitrogens with zero attached hydrogens (tertiary/aromatic N) is 3. The molecule has 0 spiro atoms. The normalized spacial score (nSPS) is 19.4. The van der Waals surface area contributed by atoms with E-state index < -0.39 is 12.2 Å². The number of hydrogen-bond acceptors (Lipinski definition) is 6. The minimum Gasteiger partial charge on any atom is -0.389 e. The monoisotopic (exact) mass is 408 g/mol. The van der Waals surface area contributed by atoms with Crippen LogP contribution in [0.25, 0.3) is 33.3 Å². The Morgan fingerprint density at radius 2 is 1.80 bits per heavy atom. The Morgan fingerprint density at radius 3 is 2.53 bits per heavy atom. The number of aliphatic hydroxyl groups excluding tert-OH is 2. The number of anilines is 1. The number of pyridine rings is 1. The lowest BCUT2D eigenvalue weighted by atomic mass is 10.1. The molecule has 158 valence electrons. The van der Waals surface area contributed by atoms with Crippen LogP contribution in [0.5, 0.6) is 0 Å². The zero-order valence-corrected chi connectivity index (χ0v) is 17.5. The molecule has 1 saturated heterocycles. The molecule has 8 heteroatoms. The van der Waals surface area contributed by atoms with E-state index in [1.165, 1.54) is 0 Å². The fourth-order valence-electron chi connectivity index (χ4n) is 4.00. The topological polar surface area (TPSA) is 127 Å². The minimum absolute atomic E-state index is 0.430. The van der Waals surface area contributed by atoms with E-state index >= 15 is 0 Å². The molecule has 0 bridgehead atoms. The summed E-state index contributed by atoms with van der Waals surface area (Å²) in [6.45, 7) is 7.57. The van der Waals surface area contributed by atoms with Crippen LogP contribution in [0.1, 0.15) is 25.2 Å². The first-order chi connectivity index (χ1) is 14.5. The van der Waals surface area contributed by atoms with Gasteiger partial charge in [0.1, 0.15) is 11.6 Å². The van der Waals surface area contributed by atoms with E-state index in [1.54, 1.807) is 0 Å². The molecule has 1 aromatic carbocycles. The summed E-state index contributed by atoms with van der Waals surface area (Å²) in [6.07, 6.45) is -1.33. The third-order valence-corrected chi connectivity index (χ3v) is 5.32. The number of rotatable bonds is 3. The summed E-state index contributed by atoms with van der Waals surface area (Å²) < 4.78 is 0. The highest BCUT2D eigenvalue weighted by Gasteiger charge is 2.29. The van der Waals surface area contributed by atoms with Gasteiger partial charge in [-0.15, -0.1) is 0 Å². The smallest absolute Gasteiger partial charge is 0.180 e. The number of nitrogens with two attached hydrogens (primary N) is 1. The summed E-state index contributed by atoms with van der Waals surface area (Å²) in [5.41, 5.74) is 11.5. The van der Waals surface area contributed by atoms with Crippen molar-refractivity contribution >= 4 is 27.9 Å². The number of nitrogens with one attached hydrogen (secondary N) is 2. The fourth-order valence-corrected chi connectivity index (χ4v) is 4.00. The lowest BCUT2D eigenvalue weighted by molar-refractivity contribution is 0.0572. The maximum Gasteiger partial charge on any atom is 0.180 e. The highest BCUT2D eigenvalue weighted by atomic mass is 16.3. The van der Waals surface area contributed by atoms with Crippen molar-refractivity contribution in [3.8, 4) is 11.3 Å². The quantitative estimate of drug-likeness (QED) is 0.355. The molecule has 1 fully saturated rings. The van der Waals surface area contributed by atoms with Gasteiger partial charge in [-0.3, -0.25) is 4.90 Å². The average Bonchev–Trinajstić information content (AvgIpc) is 3.38. The first-order valence-electron chi connectivity index (χ1n) is 10.3. The molecule has 0 amide bonds. The second-order valence-corrected chi connectivity index (χ2v) is 7.55. The lowest BCUT2D eigenvalue weighted by Gasteiger charge is -2.14. The molecule has 2 unspecified atom stereocenters. The first kappa shape index (κ1) is 20.3. The van der Waals surface area contributed by atoms with E-state index in [2.05, 4.69) is 49.1 Å². The number of aromatic amines is 2. The van der Waals surface area contributed by atoms with Crippen LogP contribution in [0.3, 0.4) is 0 Å². The maximum absolute atomic E-state index is 9.74. The molecule has 3 aromatic heterocycles. The van der Waals surface area contributed by atoms with Gasteiger partial charge in [0.2, 0.25) is 0 Å². The number of aryl methyl sites for hydroxylation is 1. The number of benzene rings is 1. The van der Waals surface area contributed by atoms with Crippen LogP contribution in [0.4, 0.5) is 5.82 Å². The van der Waals surface area contributed by atoms with Crippen molar-refractivity contribution < 1.29 is 10.2 Å². The third-order valence-electron chi connectivity index (χ3n) is 5.32. The van der Waals surface area contributed by atoms with Crippen molar-refractivity contribution in [2.75, 3.05) is 18.8 Å². The molecule has 1 aliphatic rings. The maximum atomic E-state index is 9.74. The van der Waals surface area contributed by atoms with Gasteiger partial charge in [-0.1, -0.05) is 19.9 Å². The molecule has 4 heterocycles. The largest absolute Gasteiger partial charge is 0.389 e. The van der Waals surface area contributed by atoms with Gasteiger partial charge in [-0.05, 0) is 36.8 Å². The van der Waals surface area contributed by atoms with Gasteiger partial charge < -0.3 is 25.9 Å². The predicted molar refractivity (Wildman–Crippen MR) is 119 cm³/mol. The molecular weight excluding hydrogens is 380 g/mol. The van der Waals surface area contributed by atoms with Crippen molar-refractivity contribution in [1.82, 2.24) is 24.8 Å². The van der Waals surface area contributed by atoms with Crippen molar-refractivity contribution in [3.63, 3.8) is 0 Å². The van der Waals surface area contributed by atoms with E-state index in [1.807, 2.05) is 26.8 Å². The molecule has 0 aliphatic carbocycles. The summed E-state index contributed by atoms with van der Waals surface area (Å²) >= 11 is 0. The van der Waals surface area contributed by atoms with Gasteiger partial charge in [-0.2, -0.15) is 0 Å². The van der Waals surface area contributed by atoms with Crippen molar-refractivity contribution in [3.05, 3.63) is 41.7 Å². The molecular formula is C22H28N6O2. The number of likely N-dealkylation sites (tertiary alicyclic amines) is 1. The standard InChI is InChI=1S/C20H22N6O2.C2H6/c1-10-22-19-13(6-18(21)25-20(19)23-10)15-5-12-4-11(2-3-14(12)24-15)7-26-8-16(27)17(28)9-26;1-2/h2-6,16-17,24,27-28H,7-9H2,1H3,(H3,21,22,23,25);1-2H3. The summed E-state index contributed by atoms with van der Waals surface area (Å²) in [4.78, 5) is 17.5. The Labute approximate surface area is 174 Å². The molecule has 4 aromatic rings. The molecule has 6 N–H and O–H groups in total. The number of aliphatic hydroxyl groups is 2. The molecule has 0 radical (unpaired) electrons. The Hall–Kier alpha value is -2.94. The number of β-amino-alcohol motifs (C(OH)–C–C–N with tert-alkyl or cyclic N) is 2. The van der Waals surface area contributed by atoms with Gasteiger partial charge in [-0.25, -0.2) is 9.97 Å². The molecule has 30 heavy (non-hydrogen) atoms. The van der Waals surface area contributed by atoms with Gasteiger partial charge in [0.25, 0.3) is 0 Å². The molecule has 0 saturated carbocycles. The number of fused-ring (bicyclic) bond motifs is 2. The third kappa shape index (κ3) is 3.77. The Balaban J connectivity index is 0.00000106. The fraction of sp³-hybridized carbons (Fsp3) is 0.364. The SMILES string of the molecule is CC.Cc1nc2nc(N)cc(-c3cc4cc(CN5CC(O)C(O)C5)ccc4[nH]3)c2[nH]1. The van der Waals surface area contributed by atoms with Crippen molar-refractivity contribution in [1.29, 1.82) is 0 Å². The number of H-pyrrole nitrogens is 2. The van der Waals surface area contributed by atoms with E-state index in [-0.39, 0.29) is 0 Å². The number of imidazole rings is 1. The van der Waals surface area contributed by atoms with Gasteiger partial charge in [0.15, 0.2) is 5.65 Å². The van der Waals surface area contributed by atoms with Crippen LogP contribution < -0.4 is 5.73 Å². The highest BCUT2D eigenvalue weighted by molar-refractivity contribution is 5.95. The van der Waals surface area contributed by atoms with Crippen LogP contribution in [0, 0.1) is 6.92 Å². The van der Waals surface area contributed by atoms with Crippen LogP contribution in [-0.4, -0.2) is 60.3 Å². The first-order valence-corrected chi connectivity index (χ1v) is 10.3. The molecule has 8 nitrogen and oxygen atoms in total. The van der Waals surface area contributed by atoms with E-state index in [0.29, 0.717) is 31.1 Å². The summed E-state index contributed by atoms with van der Waals surface area (Å²) in [7, 11) is 0. The Kier molecular flexibility index (Phi) is 5.46. The summed E-state index contributed by atoms with van der Waals surface area (Å²) in [5.74, 6) is 1.22. The predicted octanol–water partition coefficient (Wildman–Crippen LogP) is 2.56. The molecule has 1 aliphatic heterocycles. The second-order valence-electron chi connectivity index (χ2n) is 7.55. The van der Waals surface area contributed by atoms with E-state index in [9.17, 15) is 10.2 Å². The minimum atomic E-state index is -0.667. The van der Waals surface area contributed by atoms with Crippen molar-refractivity contribution in [2.24, 2.45) is 0 Å². The van der Waals surface area contributed by atoms with Crippen molar-refractivity contribution in [2.45, 2.75) is 39.5 Å². The van der Waals surface area contributed by atoms with Gasteiger partial charge in [0, 0.05) is 41.8 Å². The van der Waals surface area contributed by atoms with Crippen LogP contribution >= 0.6 is 0 Å². The molecule has 2 atom stereocenters. The second kappa shape index (κ2) is 8.06. The van der Waals surface area contributed by atoms with Gasteiger partial charge >= 0.3 is 0 Å². The van der Waals surface area contributed by atoms with Crippen LogP contribution in [0.2, 0.25) is 0 Å². The Bertz CT molecular complexity index is 1170. The van der Waals surface area contributed by atoms with Crippen LogP contribution in [-0.2, 0) is 6.54 Å². The average molecular weight is 409 g/mol. The van der Waals surface area contributed by atoms with Crippen LogP contribution in [0.15, 0.2) is 30.3 Å². The molecule has 5 rings (SSSR count). The van der Waals surface area contributed by atoms with Gasteiger partial charge in [0.05, 0.1) is 17.7 Å². The number of hydrogen-bond donors (Lipinski definition) is 5. The highest BCUT2D eigenvalue weighted by Crippen LogP contribution is 2.31. The van der Waals surface area contributed by atoms with E-state index in [4.69, 9.17) is 5.73 Å². The summed E-state index contributed by atoms with van der Waals surface area (Å²) in [6, 6.07) is 10.2. The zero-order valence-electron chi connectivity index (χ0n) is 17.5. The Morgan fingerprint density at radius 1 is 1.07 bits per heavy atom. The van der Waals surface area contributed by atoms with E-state index in [0.717, 1.165) is 39.1 Å².